The number of amides is 1. The first-order valence-corrected chi connectivity index (χ1v) is 6.81. The average molecular weight is 330 g/mol. The topological polar surface area (TPSA) is 44.1 Å². The second-order valence-corrected chi connectivity index (χ2v) is 5.21. The molecule has 0 saturated heterocycles. The van der Waals surface area contributed by atoms with Crippen molar-refractivity contribution in [1.82, 2.24) is 4.90 Å². The lowest BCUT2D eigenvalue weighted by Crippen LogP contribution is -2.34. The zero-order valence-corrected chi connectivity index (χ0v) is 12.6. The minimum Gasteiger partial charge on any atom is -0.338 e. The summed E-state index contributed by atoms with van der Waals surface area (Å²) >= 11 is 9.40. The summed E-state index contributed by atoms with van der Waals surface area (Å²) in [6.45, 7) is 4.63. The van der Waals surface area contributed by atoms with Crippen LogP contribution in [-0.2, 0) is 0 Å². The number of rotatable bonds is 4. The molecule has 0 heterocycles. The van der Waals surface area contributed by atoms with Gasteiger partial charge in [-0.3, -0.25) is 4.79 Å². The summed E-state index contributed by atoms with van der Waals surface area (Å²) in [6.07, 6.45) is 0. The van der Waals surface area contributed by atoms with E-state index in [9.17, 15) is 4.79 Å². The first kappa shape index (κ1) is 15.0. The van der Waals surface area contributed by atoms with E-state index >= 15 is 0 Å². The maximum atomic E-state index is 12.3. The van der Waals surface area contributed by atoms with E-state index in [2.05, 4.69) is 22.0 Å². The number of hydrogen-bond donors (Lipinski definition) is 0. The SMILES string of the molecule is CCN(CC(C)C#N)C(=O)c1cccc(Br)c1Cl. The lowest BCUT2D eigenvalue weighted by molar-refractivity contribution is 0.0753. The van der Waals surface area contributed by atoms with Crippen LogP contribution in [0.25, 0.3) is 0 Å². The van der Waals surface area contributed by atoms with E-state index in [-0.39, 0.29) is 11.8 Å². The number of nitriles is 1. The van der Waals surface area contributed by atoms with Crippen LogP contribution < -0.4 is 0 Å². The number of halogens is 2. The van der Waals surface area contributed by atoms with Crippen molar-refractivity contribution in [2.24, 2.45) is 5.92 Å². The van der Waals surface area contributed by atoms with Crippen molar-refractivity contribution in [3.63, 3.8) is 0 Å². The van der Waals surface area contributed by atoms with Crippen molar-refractivity contribution in [1.29, 1.82) is 5.26 Å². The van der Waals surface area contributed by atoms with Gasteiger partial charge < -0.3 is 4.90 Å². The van der Waals surface area contributed by atoms with Gasteiger partial charge in [0.15, 0.2) is 0 Å². The normalized spacial score (nSPS) is 11.7. The quantitative estimate of drug-likeness (QED) is 0.845. The molecule has 1 rings (SSSR count). The Bertz CT molecular complexity index is 484. The van der Waals surface area contributed by atoms with Crippen molar-refractivity contribution < 1.29 is 4.79 Å². The highest BCUT2D eigenvalue weighted by Crippen LogP contribution is 2.27. The number of carbonyl (C=O) groups excluding carboxylic acids is 1. The van der Waals surface area contributed by atoms with E-state index < -0.39 is 0 Å². The predicted octanol–water partition coefficient (Wildman–Crippen LogP) is 3.72. The zero-order valence-electron chi connectivity index (χ0n) is 10.3. The van der Waals surface area contributed by atoms with Crippen LogP contribution >= 0.6 is 27.5 Å². The molecule has 1 atom stereocenters. The molecule has 0 aliphatic rings. The lowest BCUT2D eigenvalue weighted by Gasteiger charge is -2.22. The van der Waals surface area contributed by atoms with E-state index in [1.54, 1.807) is 30.0 Å². The minimum atomic E-state index is -0.195. The van der Waals surface area contributed by atoms with Gasteiger partial charge >= 0.3 is 0 Å². The maximum absolute atomic E-state index is 12.3. The smallest absolute Gasteiger partial charge is 0.255 e. The molecular weight excluding hydrogens is 316 g/mol. The van der Waals surface area contributed by atoms with Crippen molar-refractivity contribution in [3.05, 3.63) is 33.3 Å². The van der Waals surface area contributed by atoms with Gasteiger partial charge in [0.25, 0.3) is 5.91 Å². The van der Waals surface area contributed by atoms with Crippen LogP contribution in [0, 0.1) is 17.2 Å². The fourth-order valence-corrected chi connectivity index (χ4v) is 2.14. The highest BCUT2D eigenvalue weighted by Gasteiger charge is 2.19. The van der Waals surface area contributed by atoms with Gasteiger partial charge in [-0.1, -0.05) is 17.7 Å². The summed E-state index contributed by atoms with van der Waals surface area (Å²) in [5.41, 5.74) is 0.457. The molecule has 0 fully saturated rings. The summed E-state index contributed by atoms with van der Waals surface area (Å²) in [5, 5.41) is 9.22. The van der Waals surface area contributed by atoms with Crippen LogP contribution in [0.4, 0.5) is 0 Å². The van der Waals surface area contributed by atoms with Crippen LogP contribution in [0.3, 0.4) is 0 Å². The highest BCUT2D eigenvalue weighted by molar-refractivity contribution is 9.10. The average Bonchev–Trinajstić information content (AvgIpc) is 2.38. The number of benzene rings is 1. The molecule has 0 aliphatic carbocycles. The summed E-state index contributed by atoms with van der Waals surface area (Å²) in [5.74, 6) is -0.342. The molecule has 0 aliphatic heterocycles. The van der Waals surface area contributed by atoms with Gasteiger partial charge in [-0.2, -0.15) is 5.26 Å². The van der Waals surface area contributed by atoms with Crippen molar-refractivity contribution in [2.75, 3.05) is 13.1 Å². The molecule has 0 aromatic heterocycles. The van der Waals surface area contributed by atoms with Gasteiger partial charge in [0.05, 0.1) is 22.6 Å². The molecule has 1 aromatic carbocycles. The van der Waals surface area contributed by atoms with Gasteiger partial charge in [0.1, 0.15) is 0 Å². The third-order valence-electron chi connectivity index (χ3n) is 2.57. The predicted molar refractivity (Wildman–Crippen MR) is 75.5 cm³/mol. The van der Waals surface area contributed by atoms with E-state index in [1.807, 2.05) is 6.92 Å². The van der Waals surface area contributed by atoms with Crippen molar-refractivity contribution in [3.8, 4) is 6.07 Å². The van der Waals surface area contributed by atoms with Crippen LogP contribution in [0.5, 0.6) is 0 Å². The van der Waals surface area contributed by atoms with Gasteiger partial charge in [-0.25, -0.2) is 0 Å². The van der Waals surface area contributed by atoms with Crippen LogP contribution in [-0.4, -0.2) is 23.9 Å². The Kier molecular flexibility index (Phi) is 5.64. The van der Waals surface area contributed by atoms with Crippen molar-refractivity contribution in [2.45, 2.75) is 13.8 Å². The molecular formula is C13H14BrClN2O. The Morgan fingerprint density at radius 1 is 1.61 bits per heavy atom. The Labute approximate surface area is 120 Å². The van der Waals surface area contributed by atoms with Crippen molar-refractivity contribution >= 4 is 33.4 Å². The molecule has 0 N–H and O–H groups in total. The highest BCUT2D eigenvalue weighted by atomic mass is 79.9. The van der Waals surface area contributed by atoms with Crippen LogP contribution in [0.1, 0.15) is 24.2 Å². The first-order valence-electron chi connectivity index (χ1n) is 5.64. The molecule has 0 bridgehead atoms. The summed E-state index contributed by atoms with van der Waals surface area (Å²) in [7, 11) is 0. The third kappa shape index (κ3) is 3.47. The van der Waals surface area contributed by atoms with Gasteiger partial charge in [0.2, 0.25) is 0 Å². The Hall–Kier alpha value is -1.05. The van der Waals surface area contributed by atoms with Crippen LogP contribution in [0.15, 0.2) is 22.7 Å². The number of hydrogen-bond acceptors (Lipinski definition) is 2. The zero-order chi connectivity index (χ0) is 13.7. The van der Waals surface area contributed by atoms with E-state index in [0.717, 1.165) is 0 Å². The third-order valence-corrected chi connectivity index (χ3v) is 3.86. The fourth-order valence-electron chi connectivity index (χ4n) is 1.57. The molecule has 0 radical (unpaired) electrons. The van der Waals surface area contributed by atoms with Gasteiger partial charge in [-0.05, 0) is 41.9 Å². The molecule has 5 heteroatoms. The first-order chi connectivity index (χ1) is 8.51. The number of nitrogens with zero attached hydrogens (tertiary/aromatic N) is 2. The molecule has 1 amide bonds. The summed E-state index contributed by atoms with van der Waals surface area (Å²) in [6, 6.07) is 7.37. The Balaban J connectivity index is 2.97. The Morgan fingerprint density at radius 3 is 2.83 bits per heavy atom. The van der Waals surface area contributed by atoms with E-state index in [0.29, 0.717) is 28.1 Å². The standard InChI is InChI=1S/C13H14BrClN2O/c1-3-17(8-9(2)7-16)13(18)10-5-4-6-11(14)12(10)15/h4-6,9H,3,8H2,1-2H3. The molecule has 3 nitrogen and oxygen atoms in total. The largest absolute Gasteiger partial charge is 0.338 e. The fraction of sp³-hybridized carbons (Fsp3) is 0.385. The lowest BCUT2D eigenvalue weighted by atomic mass is 10.1. The van der Waals surface area contributed by atoms with Gasteiger partial charge in [-0.15, -0.1) is 0 Å². The molecule has 1 aromatic rings. The number of carbonyl (C=O) groups is 1. The minimum absolute atomic E-state index is 0.147. The molecule has 0 spiro atoms. The summed E-state index contributed by atoms with van der Waals surface area (Å²) < 4.78 is 0.694. The second-order valence-electron chi connectivity index (χ2n) is 3.98. The monoisotopic (exact) mass is 328 g/mol. The Morgan fingerprint density at radius 2 is 2.28 bits per heavy atom. The van der Waals surface area contributed by atoms with Gasteiger partial charge in [0, 0.05) is 17.6 Å². The molecule has 0 saturated carbocycles. The second kappa shape index (κ2) is 6.77. The molecule has 96 valence electrons. The van der Waals surface area contributed by atoms with E-state index in [4.69, 9.17) is 16.9 Å². The molecule has 18 heavy (non-hydrogen) atoms. The van der Waals surface area contributed by atoms with E-state index in [1.165, 1.54) is 0 Å². The summed E-state index contributed by atoms with van der Waals surface area (Å²) in [4.78, 5) is 13.9. The molecule has 1 unspecified atom stereocenters. The maximum Gasteiger partial charge on any atom is 0.255 e. The van der Waals surface area contributed by atoms with Crippen LogP contribution in [0.2, 0.25) is 5.02 Å².